The van der Waals surface area contributed by atoms with E-state index in [-0.39, 0.29) is 5.75 Å². The molecule has 0 heterocycles. The molecule has 0 atom stereocenters. The van der Waals surface area contributed by atoms with Crippen LogP contribution in [0.1, 0.15) is 11.1 Å². The minimum atomic E-state index is 0.224. The van der Waals surface area contributed by atoms with Gasteiger partial charge in [-0.2, -0.15) is 0 Å². The summed E-state index contributed by atoms with van der Waals surface area (Å²) in [7, 11) is 0. The van der Waals surface area contributed by atoms with Crippen molar-refractivity contribution in [1.82, 2.24) is 0 Å². The second-order valence-electron chi connectivity index (χ2n) is 3.72. The maximum Gasteiger partial charge on any atom is 0.143 e. The van der Waals surface area contributed by atoms with Gasteiger partial charge in [0.15, 0.2) is 0 Å². The van der Waals surface area contributed by atoms with Crippen LogP contribution in [0, 0.1) is 3.57 Å². The van der Waals surface area contributed by atoms with Gasteiger partial charge >= 0.3 is 0 Å². The van der Waals surface area contributed by atoms with Crippen LogP contribution in [0.4, 0.5) is 0 Å². The van der Waals surface area contributed by atoms with E-state index < -0.39 is 0 Å². The van der Waals surface area contributed by atoms with Gasteiger partial charge in [-0.1, -0.05) is 24.3 Å². The fourth-order valence-corrected chi connectivity index (χ4v) is 3.03. The van der Waals surface area contributed by atoms with Crippen LogP contribution in [0.2, 0.25) is 0 Å². The first kappa shape index (κ1) is 14.1. The highest BCUT2D eigenvalue weighted by molar-refractivity contribution is 14.1. The number of hydrogen-bond donors (Lipinski definition) is 1. The quantitative estimate of drug-likeness (QED) is 0.433. The van der Waals surface area contributed by atoms with E-state index in [1.54, 1.807) is 0 Å². The van der Waals surface area contributed by atoms with Crippen LogP contribution >= 0.6 is 54.5 Å². The highest BCUT2D eigenvalue weighted by atomic mass is 127. The Balaban J connectivity index is 2.26. The van der Waals surface area contributed by atoms with E-state index in [0.29, 0.717) is 8.95 Å². The molecule has 0 aromatic heterocycles. The number of halogens is 3. The minimum absolute atomic E-state index is 0.224. The molecule has 0 bridgehead atoms. The molecule has 2 rings (SSSR count). The number of hydrogen-bond acceptors (Lipinski definition) is 1. The third-order valence-electron chi connectivity index (χ3n) is 2.38. The van der Waals surface area contributed by atoms with E-state index in [9.17, 15) is 5.11 Å². The van der Waals surface area contributed by atoms with E-state index in [4.69, 9.17) is 0 Å². The van der Waals surface area contributed by atoms with Crippen LogP contribution in [-0.4, -0.2) is 5.11 Å². The van der Waals surface area contributed by atoms with Crippen LogP contribution in [0.5, 0.6) is 5.75 Å². The molecule has 0 aliphatic carbocycles. The molecule has 0 fully saturated rings. The lowest BCUT2D eigenvalue weighted by atomic mass is 10.1. The van der Waals surface area contributed by atoms with Gasteiger partial charge < -0.3 is 5.11 Å². The van der Waals surface area contributed by atoms with Gasteiger partial charge in [0.25, 0.3) is 0 Å². The molecular weight excluding hydrogens is 471 g/mol. The fourth-order valence-electron chi connectivity index (χ4n) is 1.45. The van der Waals surface area contributed by atoms with Gasteiger partial charge in [-0.25, -0.2) is 0 Å². The van der Waals surface area contributed by atoms with Crippen molar-refractivity contribution in [2.24, 2.45) is 0 Å². The summed E-state index contributed by atoms with van der Waals surface area (Å²) >= 11 is 8.92. The van der Waals surface area contributed by atoms with E-state index in [1.165, 1.54) is 3.57 Å². The van der Waals surface area contributed by atoms with Crippen molar-refractivity contribution >= 4 is 66.6 Å². The first-order valence-electron chi connectivity index (χ1n) is 5.18. The molecular formula is C14H9Br2IO. The monoisotopic (exact) mass is 478 g/mol. The number of phenols is 1. The van der Waals surface area contributed by atoms with E-state index in [0.717, 1.165) is 11.1 Å². The highest BCUT2D eigenvalue weighted by Crippen LogP contribution is 2.33. The van der Waals surface area contributed by atoms with Crippen LogP contribution in [0.15, 0.2) is 45.3 Å². The predicted molar refractivity (Wildman–Crippen MR) is 91.6 cm³/mol. The molecule has 1 N–H and O–H groups in total. The highest BCUT2D eigenvalue weighted by Gasteiger charge is 2.03. The molecule has 0 spiro atoms. The number of rotatable bonds is 2. The molecule has 92 valence electrons. The maximum atomic E-state index is 9.63. The van der Waals surface area contributed by atoms with Gasteiger partial charge in [0.05, 0.1) is 8.95 Å². The predicted octanol–water partition coefficient (Wildman–Crippen LogP) is 5.69. The van der Waals surface area contributed by atoms with Crippen molar-refractivity contribution in [3.05, 3.63) is 60.0 Å². The Labute approximate surface area is 136 Å². The third kappa shape index (κ3) is 3.59. The number of benzene rings is 2. The van der Waals surface area contributed by atoms with Crippen LogP contribution in [0.3, 0.4) is 0 Å². The average molecular weight is 480 g/mol. The zero-order valence-electron chi connectivity index (χ0n) is 9.20. The summed E-state index contributed by atoms with van der Waals surface area (Å²) in [4.78, 5) is 0. The SMILES string of the molecule is Oc1c(Br)cc(/C=C/c2ccc(I)cc2)cc1Br. The van der Waals surface area contributed by atoms with Gasteiger partial charge in [0.2, 0.25) is 0 Å². The Morgan fingerprint density at radius 3 is 1.94 bits per heavy atom. The number of aromatic hydroxyl groups is 1. The van der Waals surface area contributed by atoms with E-state index in [1.807, 2.05) is 24.3 Å². The zero-order valence-corrected chi connectivity index (χ0v) is 14.5. The second kappa shape index (κ2) is 6.21. The fraction of sp³-hybridized carbons (Fsp3) is 0. The lowest BCUT2D eigenvalue weighted by Gasteiger charge is -2.02. The van der Waals surface area contributed by atoms with Crippen molar-refractivity contribution in [1.29, 1.82) is 0 Å². The first-order valence-corrected chi connectivity index (χ1v) is 7.84. The Morgan fingerprint density at radius 2 is 1.39 bits per heavy atom. The molecule has 2 aromatic carbocycles. The Bertz CT molecular complexity index is 568. The molecule has 0 amide bonds. The number of phenolic OH excluding ortho intramolecular Hbond substituents is 1. The lowest BCUT2D eigenvalue weighted by Crippen LogP contribution is -1.78. The van der Waals surface area contributed by atoms with Gasteiger partial charge in [-0.05, 0) is 89.8 Å². The summed E-state index contributed by atoms with van der Waals surface area (Å²) < 4.78 is 2.58. The van der Waals surface area contributed by atoms with Crippen molar-refractivity contribution in [3.63, 3.8) is 0 Å². The molecule has 18 heavy (non-hydrogen) atoms. The Kier molecular flexibility index (Phi) is 4.86. The smallest absolute Gasteiger partial charge is 0.143 e. The van der Waals surface area contributed by atoms with Gasteiger partial charge in [-0.3, -0.25) is 0 Å². The summed E-state index contributed by atoms with van der Waals surface area (Å²) in [6.45, 7) is 0. The average Bonchev–Trinajstić information content (AvgIpc) is 2.35. The van der Waals surface area contributed by atoms with Crippen molar-refractivity contribution in [2.45, 2.75) is 0 Å². The molecule has 0 aliphatic rings. The maximum absolute atomic E-state index is 9.63. The van der Waals surface area contributed by atoms with Gasteiger partial charge in [-0.15, -0.1) is 0 Å². The van der Waals surface area contributed by atoms with Crippen molar-refractivity contribution in [3.8, 4) is 5.75 Å². The second-order valence-corrected chi connectivity index (χ2v) is 6.67. The summed E-state index contributed by atoms with van der Waals surface area (Å²) in [6.07, 6.45) is 4.05. The molecule has 0 saturated carbocycles. The van der Waals surface area contributed by atoms with Crippen LogP contribution in [0.25, 0.3) is 12.2 Å². The minimum Gasteiger partial charge on any atom is -0.506 e. The molecule has 2 aromatic rings. The first-order chi connectivity index (χ1) is 8.56. The molecule has 1 nitrogen and oxygen atoms in total. The molecule has 0 aliphatic heterocycles. The summed E-state index contributed by atoms with van der Waals surface area (Å²) in [5, 5.41) is 9.63. The molecule has 0 saturated heterocycles. The zero-order chi connectivity index (χ0) is 13.1. The lowest BCUT2D eigenvalue weighted by molar-refractivity contribution is 0.468. The van der Waals surface area contributed by atoms with E-state index >= 15 is 0 Å². The van der Waals surface area contributed by atoms with Crippen LogP contribution < -0.4 is 0 Å². The standard InChI is InChI=1S/C14H9Br2IO/c15-12-7-10(8-13(16)14(12)18)2-1-9-3-5-11(17)6-4-9/h1-8,18H/b2-1+. The largest absolute Gasteiger partial charge is 0.506 e. The Morgan fingerprint density at radius 1 is 0.889 bits per heavy atom. The van der Waals surface area contributed by atoms with E-state index in [2.05, 4.69) is 78.7 Å². The summed E-state index contributed by atoms with van der Waals surface area (Å²) in [5.41, 5.74) is 2.17. The molecule has 4 heteroatoms. The molecule has 0 radical (unpaired) electrons. The van der Waals surface area contributed by atoms with Crippen molar-refractivity contribution < 1.29 is 5.11 Å². The normalized spacial score (nSPS) is 11.1. The topological polar surface area (TPSA) is 20.2 Å². The van der Waals surface area contributed by atoms with Crippen molar-refractivity contribution in [2.75, 3.05) is 0 Å². The van der Waals surface area contributed by atoms with Gasteiger partial charge in [0, 0.05) is 3.57 Å². The summed E-state index contributed by atoms with van der Waals surface area (Å²) in [6, 6.07) is 12.0. The van der Waals surface area contributed by atoms with Gasteiger partial charge in [0.1, 0.15) is 5.75 Å². The summed E-state index contributed by atoms with van der Waals surface area (Å²) in [5.74, 6) is 0.224. The third-order valence-corrected chi connectivity index (χ3v) is 4.31. The molecule has 0 unspecified atom stereocenters. The Hall–Kier alpha value is -0.330. The van der Waals surface area contributed by atoms with Crippen LogP contribution in [-0.2, 0) is 0 Å².